The molecule has 0 radical (unpaired) electrons. The fraction of sp³-hybridized carbons (Fsp3) is 0.867. The van der Waals surface area contributed by atoms with Crippen molar-refractivity contribution < 1.29 is 0 Å². The monoisotopic (exact) mass is 225 g/mol. The summed E-state index contributed by atoms with van der Waals surface area (Å²) in [6.07, 6.45) is 12.9. The molecule has 0 amide bonds. The summed E-state index contributed by atoms with van der Waals surface area (Å²) in [7, 11) is 0. The molecule has 0 spiro atoms. The van der Waals surface area contributed by atoms with Gasteiger partial charge in [-0.15, -0.1) is 0 Å². The molecule has 0 aliphatic carbocycles. The molecule has 0 rings (SSSR count). The zero-order chi connectivity index (χ0) is 12.1. The molecule has 0 saturated heterocycles. The highest BCUT2D eigenvalue weighted by Gasteiger charge is 1.96. The summed E-state index contributed by atoms with van der Waals surface area (Å²) in [5, 5.41) is 3.51. The molecule has 16 heavy (non-hydrogen) atoms. The van der Waals surface area contributed by atoms with Crippen LogP contribution in [-0.2, 0) is 0 Å². The van der Waals surface area contributed by atoms with E-state index in [9.17, 15) is 0 Å². The van der Waals surface area contributed by atoms with E-state index < -0.39 is 0 Å². The van der Waals surface area contributed by atoms with Crippen molar-refractivity contribution in [2.45, 2.75) is 72.1 Å². The molecule has 0 aromatic rings. The Morgan fingerprint density at radius 3 is 2.12 bits per heavy atom. The lowest BCUT2D eigenvalue weighted by Crippen LogP contribution is -2.16. The van der Waals surface area contributed by atoms with E-state index in [0.717, 1.165) is 0 Å². The number of allylic oxidation sites excluding steroid dienone is 2. The Kier molecular flexibility index (Phi) is 12.5. The Balaban J connectivity index is 3.34. The van der Waals surface area contributed by atoms with E-state index in [4.69, 9.17) is 0 Å². The van der Waals surface area contributed by atoms with Gasteiger partial charge < -0.3 is 5.32 Å². The van der Waals surface area contributed by atoms with Gasteiger partial charge in [-0.1, -0.05) is 44.8 Å². The summed E-state index contributed by atoms with van der Waals surface area (Å²) in [5.41, 5.74) is 1.66. The Hall–Kier alpha value is -0.300. The average molecular weight is 225 g/mol. The normalized spacial score (nSPS) is 12.1. The van der Waals surface area contributed by atoms with Gasteiger partial charge in [0.05, 0.1) is 0 Å². The van der Waals surface area contributed by atoms with Crippen LogP contribution in [0.1, 0.15) is 72.1 Å². The highest BCUT2D eigenvalue weighted by Crippen LogP contribution is 2.13. The van der Waals surface area contributed by atoms with Gasteiger partial charge in [-0.05, 0) is 52.1 Å². The summed E-state index contributed by atoms with van der Waals surface area (Å²) in [6, 6.07) is 0. The van der Waals surface area contributed by atoms with Crippen molar-refractivity contribution >= 4 is 0 Å². The molecule has 0 heterocycles. The topological polar surface area (TPSA) is 12.0 Å². The van der Waals surface area contributed by atoms with Crippen LogP contribution in [0.15, 0.2) is 11.6 Å². The van der Waals surface area contributed by atoms with Crippen molar-refractivity contribution in [2.24, 2.45) is 0 Å². The van der Waals surface area contributed by atoms with Crippen molar-refractivity contribution in [2.75, 3.05) is 13.1 Å². The largest absolute Gasteiger partial charge is 0.317 e. The minimum atomic E-state index is 1.19. The lowest BCUT2D eigenvalue weighted by Gasteiger charge is -2.07. The number of hydrogen-bond acceptors (Lipinski definition) is 1. The second-order valence-corrected chi connectivity index (χ2v) is 4.61. The minimum absolute atomic E-state index is 1.19. The fourth-order valence-electron chi connectivity index (χ4n) is 1.88. The highest BCUT2D eigenvalue weighted by molar-refractivity contribution is 4.99. The molecule has 0 unspecified atom stereocenters. The van der Waals surface area contributed by atoms with Crippen LogP contribution in [0.3, 0.4) is 0 Å². The molecule has 0 atom stereocenters. The van der Waals surface area contributed by atoms with E-state index in [2.05, 4.69) is 32.2 Å². The summed E-state index contributed by atoms with van der Waals surface area (Å²) >= 11 is 0. The third-order valence-electron chi connectivity index (χ3n) is 3.07. The third-order valence-corrected chi connectivity index (χ3v) is 3.07. The van der Waals surface area contributed by atoms with Gasteiger partial charge in [0.2, 0.25) is 0 Å². The van der Waals surface area contributed by atoms with Gasteiger partial charge in [0, 0.05) is 0 Å². The number of nitrogens with one attached hydrogen (secondary N) is 1. The maximum atomic E-state index is 3.51. The van der Waals surface area contributed by atoms with E-state index in [1.54, 1.807) is 5.57 Å². The molecule has 0 aromatic heterocycles. The van der Waals surface area contributed by atoms with Crippen LogP contribution in [0.2, 0.25) is 0 Å². The summed E-state index contributed by atoms with van der Waals surface area (Å²) in [4.78, 5) is 0. The van der Waals surface area contributed by atoms with Crippen molar-refractivity contribution in [3.63, 3.8) is 0 Å². The van der Waals surface area contributed by atoms with E-state index >= 15 is 0 Å². The Bertz CT molecular complexity index is 161. The summed E-state index contributed by atoms with van der Waals surface area (Å²) < 4.78 is 0. The van der Waals surface area contributed by atoms with Crippen LogP contribution in [0.5, 0.6) is 0 Å². The van der Waals surface area contributed by atoms with Crippen LogP contribution in [-0.4, -0.2) is 13.1 Å². The standard InChI is InChI=1S/C15H31N/c1-4-7-9-11-15(6-3)12-10-14-16-13-8-5-2/h6,16H,4-5,7-14H2,1-3H3/b15-6+. The van der Waals surface area contributed by atoms with Gasteiger partial charge in [-0.25, -0.2) is 0 Å². The van der Waals surface area contributed by atoms with Crippen molar-refractivity contribution in [3.05, 3.63) is 11.6 Å². The number of unbranched alkanes of at least 4 members (excludes halogenated alkanes) is 3. The highest BCUT2D eigenvalue weighted by atomic mass is 14.8. The van der Waals surface area contributed by atoms with Crippen LogP contribution >= 0.6 is 0 Å². The smallest absolute Gasteiger partial charge is 0.00459 e. The van der Waals surface area contributed by atoms with E-state index in [1.807, 2.05) is 0 Å². The first kappa shape index (κ1) is 15.7. The maximum Gasteiger partial charge on any atom is -0.00459 e. The molecule has 0 aliphatic heterocycles. The van der Waals surface area contributed by atoms with Gasteiger partial charge in [-0.2, -0.15) is 0 Å². The predicted octanol–water partition coefficient (Wildman–Crippen LogP) is 4.68. The van der Waals surface area contributed by atoms with E-state index in [1.165, 1.54) is 64.5 Å². The second kappa shape index (κ2) is 12.8. The van der Waals surface area contributed by atoms with Crippen LogP contribution < -0.4 is 5.32 Å². The van der Waals surface area contributed by atoms with E-state index in [0.29, 0.717) is 0 Å². The van der Waals surface area contributed by atoms with Gasteiger partial charge in [0.15, 0.2) is 0 Å². The second-order valence-electron chi connectivity index (χ2n) is 4.61. The Labute approximate surface area is 103 Å². The van der Waals surface area contributed by atoms with Gasteiger partial charge in [0.25, 0.3) is 0 Å². The molecular formula is C15H31N. The minimum Gasteiger partial charge on any atom is -0.317 e. The number of hydrogen-bond donors (Lipinski definition) is 1. The van der Waals surface area contributed by atoms with Crippen molar-refractivity contribution in [1.29, 1.82) is 0 Å². The molecular weight excluding hydrogens is 194 g/mol. The Morgan fingerprint density at radius 2 is 1.50 bits per heavy atom. The maximum absolute atomic E-state index is 3.51. The van der Waals surface area contributed by atoms with Gasteiger partial charge in [0.1, 0.15) is 0 Å². The predicted molar refractivity (Wildman–Crippen MR) is 74.9 cm³/mol. The molecule has 1 N–H and O–H groups in total. The number of rotatable bonds is 11. The van der Waals surface area contributed by atoms with Gasteiger partial charge >= 0.3 is 0 Å². The summed E-state index contributed by atoms with van der Waals surface area (Å²) in [5.74, 6) is 0. The first-order valence-electron chi connectivity index (χ1n) is 7.19. The average Bonchev–Trinajstić information content (AvgIpc) is 2.31. The molecule has 0 aromatic carbocycles. The molecule has 96 valence electrons. The Morgan fingerprint density at radius 1 is 0.875 bits per heavy atom. The first-order valence-corrected chi connectivity index (χ1v) is 7.19. The molecule has 0 aliphatic rings. The van der Waals surface area contributed by atoms with Crippen LogP contribution in [0.4, 0.5) is 0 Å². The van der Waals surface area contributed by atoms with Crippen LogP contribution in [0.25, 0.3) is 0 Å². The molecule has 1 heteroatoms. The lowest BCUT2D eigenvalue weighted by molar-refractivity contribution is 0.605. The zero-order valence-electron chi connectivity index (χ0n) is 11.6. The third kappa shape index (κ3) is 10.2. The van der Waals surface area contributed by atoms with Crippen LogP contribution in [0, 0.1) is 0 Å². The molecule has 0 saturated carbocycles. The van der Waals surface area contributed by atoms with Crippen molar-refractivity contribution in [1.82, 2.24) is 5.32 Å². The molecule has 1 nitrogen and oxygen atoms in total. The van der Waals surface area contributed by atoms with Crippen molar-refractivity contribution in [3.8, 4) is 0 Å². The lowest BCUT2D eigenvalue weighted by atomic mass is 10.0. The zero-order valence-corrected chi connectivity index (χ0v) is 11.6. The van der Waals surface area contributed by atoms with E-state index in [-0.39, 0.29) is 0 Å². The SMILES string of the molecule is C/C=C(\CCCCC)CCCNCCCC. The fourth-order valence-corrected chi connectivity index (χ4v) is 1.88. The molecule has 0 bridgehead atoms. The molecule has 0 fully saturated rings. The first-order chi connectivity index (χ1) is 7.85. The summed E-state index contributed by atoms with van der Waals surface area (Å²) in [6.45, 7) is 9.08. The van der Waals surface area contributed by atoms with Gasteiger partial charge in [-0.3, -0.25) is 0 Å². The quantitative estimate of drug-likeness (QED) is 0.397.